The van der Waals surface area contributed by atoms with Gasteiger partial charge in [-0.25, -0.2) is 0 Å². The van der Waals surface area contributed by atoms with Gasteiger partial charge in [-0.3, -0.25) is 18.0 Å². The third kappa shape index (κ3) is 23.7. The van der Waals surface area contributed by atoms with Gasteiger partial charge in [-0.1, -0.05) is 129 Å². The van der Waals surface area contributed by atoms with Crippen LogP contribution in [0.4, 0.5) is 0 Å². The summed E-state index contributed by atoms with van der Waals surface area (Å²) in [6.07, 6.45) is 2.42. The number of benzene rings is 10. The molecule has 3 heterocycles. The molecule has 444 valence electrons. The van der Waals surface area contributed by atoms with Gasteiger partial charge in [0.25, 0.3) is 0 Å². The maximum atomic E-state index is 11.0. The summed E-state index contributed by atoms with van der Waals surface area (Å²) in [5, 5.41) is 8.90. The van der Waals surface area contributed by atoms with Gasteiger partial charge in [0.2, 0.25) is 0 Å². The molecule has 88 heavy (non-hydrogen) atoms. The van der Waals surface area contributed by atoms with Gasteiger partial charge in [-0.15, -0.1) is 0 Å². The first-order chi connectivity index (χ1) is 41.0. The van der Waals surface area contributed by atoms with Crippen LogP contribution in [0.15, 0.2) is 290 Å². The van der Waals surface area contributed by atoms with Crippen LogP contribution in [0, 0.1) is 0 Å². The van der Waals surface area contributed by atoms with Gasteiger partial charge >= 0.3 is 293 Å². The Balaban J connectivity index is 0.000000333. The van der Waals surface area contributed by atoms with E-state index in [0.717, 1.165) is 22.2 Å². The fourth-order valence-corrected chi connectivity index (χ4v) is 115. The molecule has 20 heteroatoms. The Morgan fingerprint density at radius 1 is 0.409 bits per heavy atom. The van der Waals surface area contributed by atoms with Crippen LogP contribution in [0.25, 0.3) is 10.8 Å². The van der Waals surface area contributed by atoms with Gasteiger partial charge in [-0.2, -0.15) is 23.1 Å². The average Bonchev–Trinajstić information content (AvgIpc) is 1.64. The second-order valence-corrected chi connectivity index (χ2v) is 64.9. The van der Waals surface area contributed by atoms with Crippen molar-refractivity contribution >= 4 is 172 Å². The summed E-state index contributed by atoms with van der Waals surface area (Å²) in [4.78, 5) is 0. The van der Waals surface area contributed by atoms with Crippen LogP contribution in [0.5, 0.6) is 0 Å². The molecular weight excluding hydrogens is 1670 g/mol. The molecule has 2 aliphatic heterocycles. The molecule has 0 saturated heterocycles. The van der Waals surface area contributed by atoms with E-state index >= 15 is 0 Å². The molecule has 0 spiro atoms. The molecule has 10 aromatic carbocycles. The second kappa shape index (κ2) is 43.0. The van der Waals surface area contributed by atoms with Crippen LogP contribution in [-0.2, 0) is 48.3 Å². The molecule has 13 rings (SSSR count). The zero-order valence-corrected chi connectivity index (χ0v) is 66.9. The molecule has 2 aliphatic rings. The van der Waals surface area contributed by atoms with Crippen LogP contribution >= 0.6 is 61.1 Å². The SMILES string of the molecule is BrCc1ccccc1CBr.O.O.O=S1Cc2ccccc2C1.[Al].[Na+].[O-][I+3]([O-])([O-])[O-].[O]=[Al].c1cc[c]([Sn]([S][Sn]([c]2ccccc2)([c]2ccccc2)[c]2ccccc2)([c]2ccccc2)[c]2ccccc2)cc1.c1ccc2c(c1)CSC2.c1ccc2cscc2c1. The minimum absolute atomic E-state index is 0. The van der Waals surface area contributed by atoms with Gasteiger partial charge in [0, 0.05) is 61.8 Å². The van der Waals surface area contributed by atoms with E-state index in [4.69, 9.17) is 17.5 Å². The van der Waals surface area contributed by atoms with Crippen LogP contribution in [-0.4, -0.2) is 82.7 Å². The number of alkyl halides is 2. The predicted molar refractivity (Wildman–Crippen MR) is 372 cm³/mol. The number of thioether (sulfide) groups is 1. The molecule has 1 aromatic heterocycles. The fourth-order valence-electron chi connectivity index (χ4n) is 9.69. The molecular formula is C68H64Al2Br2INaO8S4Sn2. The van der Waals surface area contributed by atoms with E-state index in [1.54, 1.807) is 11.3 Å². The summed E-state index contributed by atoms with van der Waals surface area (Å²) >= 11 is -1.59. The summed E-state index contributed by atoms with van der Waals surface area (Å²) in [6, 6.07) is 102. The molecule has 0 unspecified atom stereocenters. The Morgan fingerprint density at radius 3 is 0.898 bits per heavy atom. The monoisotopic (exact) mass is 1740 g/mol. The van der Waals surface area contributed by atoms with Gasteiger partial charge in [0.15, 0.2) is 0 Å². The first-order valence-electron chi connectivity index (χ1n) is 26.6. The van der Waals surface area contributed by atoms with E-state index in [9.17, 15) is 4.21 Å². The first-order valence-corrected chi connectivity index (χ1v) is 52.8. The van der Waals surface area contributed by atoms with E-state index in [-0.39, 0.29) is 57.9 Å². The minimum atomic E-state index is -5.94. The number of rotatable bonds is 10. The summed E-state index contributed by atoms with van der Waals surface area (Å²) in [7, 11) is -0.619. The minimum Gasteiger partial charge on any atom is -0.152 e. The molecule has 0 amide bonds. The van der Waals surface area contributed by atoms with E-state index < -0.39 is 64.9 Å². The Morgan fingerprint density at radius 2 is 0.636 bits per heavy atom. The van der Waals surface area contributed by atoms with Crippen molar-refractivity contribution < 1.29 is 82.4 Å². The van der Waals surface area contributed by atoms with Crippen molar-refractivity contribution in [1.82, 2.24) is 0 Å². The standard InChI is InChI=1S/C8H8Br2.C8H8OS.C8H8S.C8H6S.6C6H5.2Al.IO4.Na.2H2O.O.S.2Sn/c9-5-7-3-1-2-4-8(7)6-10;9-10-5-7-3-1-2-4-8(7)6-10;2*1-2-4-8-6-9-5-7(8)3-1;6*1-2-4-6-5-3-1;;;2-1(3,4)5;;;;;;;/h2*1-4H,5-6H2;1-4H,5-6H2;1-6H;6*1-5H;;;;;2*1H2;;;;/q;;;;;;;;;;;;-1;+1;;;;;;. The number of halogens is 3. The predicted octanol–water partition coefficient (Wildman–Crippen LogP) is 2.04. The Bertz CT molecular complexity index is 3290. The number of thiophene rings is 1. The van der Waals surface area contributed by atoms with Crippen molar-refractivity contribution in [2.24, 2.45) is 0 Å². The van der Waals surface area contributed by atoms with Gasteiger partial charge in [0.05, 0.1) is 0 Å². The molecule has 11 aromatic rings. The van der Waals surface area contributed by atoms with E-state index in [2.05, 4.69) is 316 Å². The molecule has 0 aliphatic carbocycles. The second-order valence-electron chi connectivity index (χ2n) is 18.8. The molecule has 0 bridgehead atoms. The van der Waals surface area contributed by atoms with Crippen molar-refractivity contribution in [3.8, 4) is 0 Å². The molecule has 0 fully saturated rings. The van der Waals surface area contributed by atoms with Crippen molar-refractivity contribution in [1.29, 1.82) is 0 Å². The molecule has 0 saturated carbocycles. The van der Waals surface area contributed by atoms with Crippen molar-refractivity contribution in [3.63, 3.8) is 0 Å². The maximum absolute atomic E-state index is 11.0. The molecule has 8 nitrogen and oxygen atoms in total. The van der Waals surface area contributed by atoms with Crippen LogP contribution < -0.4 is 84.9 Å². The van der Waals surface area contributed by atoms with Crippen LogP contribution in [0.1, 0.15) is 33.4 Å². The zero-order chi connectivity index (χ0) is 59.5. The quantitative estimate of drug-likeness (QED) is 0.113. The normalized spacial score (nSPS) is 11.6. The summed E-state index contributed by atoms with van der Waals surface area (Å²) in [5.74, 6) is 3.96. The van der Waals surface area contributed by atoms with E-state index in [0.29, 0.717) is 0 Å². The van der Waals surface area contributed by atoms with E-state index in [1.807, 2.05) is 23.9 Å². The Hall–Kier alpha value is -2.08. The van der Waals surface area contributed by atoms with Gasteiger partial charge in [-0.05, 0) is 54.9 Å². The Kier molecular flexibility index (Phi) is 39.2. The Labute approximate surface area is 602 Å². The molecule has 4 radical (unpaired) electrons. The van der Waals surface area contributed by atoms with Crippen LogP contribution in [0.2, 0.25) is 0 Å². The molecule has 0 atom stereocenters. The van der Waals surface area contributed by atoms with Gasteiger partial charge < -0.3 is 11.0 Å². The third-order valence-corrected chi connectivity index (χ3v) is 88.0. The topological polar surface area (TPSA) is 189 Å². The summed E-state index contributed by atoms with van der Waals surface area (Å²) in [6.45, 7) is 0. The maximum Gasteiger partial charge on any atom is 0.0190 e. The number of hydrogen-bond acceptors (Lipinski definition) is 9. The molecule has 4 N–H and O–H groups in total. The summed E-state index contributed by atoms with van der Waals surface area (Å²) < 4.78 is 62.7. The van der Waals surface area contributed by atoms with E-state index in [1.165, 1.54) is 93.4 Å². The van der Waals surface area contributed by atoms with Crippen molar-refractivity contribution in [3.05, 3.63) is 323 Å². The first kappa shape index (κ1) is 80.2. The third-order valence-electron chi connectivity index (χ3n) is 13.6. The van der Waals surface area contributed by atoms with Crippen molar-refractivity contribution in [2.45, 2.75) is 33.7 Å². The average molecular weight is 1740 g/mol. The number of hydrogen-bond donors (Lipinski definition) is 0. The van der Waals surface area contributed by atoms with Gasteiger partial charge in [0.1, 0.15) is 20.1 Å². The fraction of sp³-hybridized carbons (Fsp3) is 0.0882. The summed E-state index contributed by atoms with van der Waals surface area (Å²) in [5.41, 5.74) is 8.31. The van der Waals surface area contributed by atoms with Crippen LogP contribution in [0.3, 0.4) is 0 Å². The van der Waals surface area contributed by atoms with Crippen molar-refractivity contribution in [2.75, 3.05) is 0 Å². The smallest absolute Gasteiger partial charge is 0.0190 e. The zero-order valence-electron chi connectivity index (χ0n) is 48.3. The number of fused-ring (bicyclic) bond motifs is 3. The largest absolute Gasteiger partial charge is 0.152 e.